The summed E-state index contributed by atoms with van der Waals surface area (Å²) in [4.78, 5) is 14.5. The standard InChI is InChI=1S/C15H20BrNO/c1-2-14-4-3-10-17(14)11-9-15(18)12-5-7-13(16)8-6-12/h5-8,14H,2-4,9-11H2,1H3. The van der Waals surface area contributed by atoms with Gasteiger partial charge >= 0.3 is 0 Å². The van der Waals surface area contributed by atoms with E-state index in [1.165, 1.54) is 19.3 Å². The van der Waals surface area contributed by atoms with E-state index in [2.05, 4.69) is 27.8 Å². The van der Waals surface area contributed by atoms with Crippen molar-refractivity contribution in [2.75, 3.05) is 13.1 Å². The number of carbonyl (C=O) groups excluding carboxylic acids is 1. The van der Waals surface area contributed by atoms with Crippen molar-refractivity contribution in [1.82, 2.24) is 4.90 Å². The summed E-state index contributed by atoms with van der Waals surface area (Å²) in [5, 5.41) is 0. The van der Waals surface area contributed by atoms with E-state index in [1.54, 1.807) is 0 Å². The van der Waals surface area contributed by atoms with Crippen molar-refractivity contribution in [3.8, 4) is 0 Å². The van der Waals surface area contributed by atoms with Gasteiger partial charge in [-0.25, -0.2) is 0 Å². The third-order valence-electron chi connectivity index (χ3n) is 3.76. The van der Waals surface area contributed by atoms with Gasteiger partial charge < -0.3 is 0 Å². The van der Waals surface area contributed by atoms with E-state index in [0.717, 1.165) is 23.1 Å². The molecule has 0 aromatic heterocycles. The van der Waals surface area contributed by atoms with Crippen LogP contribution in [0.25, 0.3) is 0 Å². The number of hydrogen-bond donors (Lipinski definition) is 0. The maximum absolute atomic E-state index is 12.1. The zero-order valence-electron chi connectivity index (χ0n) is 10.9. The molecule has 1 aromatic rings. The van der Waals surface area contributed by atoms with E-state index in [9.17, 15) is 4.79 Å². The Kier molecular flexibility index (Phi) is 4.95. The minimum absolute atomic E-state index is 0.254. The molecule has 1 atom stereocenters. The Morgan fingerprint density at radius 2 is 2.11 bits per heavy atom. The number of nitrogens with zero attached hydrogens (tertiary/aromatic N) is 1. The van der Waals surface area contributed by atoms with Crippen LogP contribution in [0.5, 0.6) is 0 Å². The number of benzene rings is 1. The molecule has 2 nitrogen and oxygen atoms in total. The van der Waals surface area contributed by atoms with Gasteiger partial charge in [-0.2, -0.15) is 0 Å². The Bertz CT molecular complexity index is 401. The number of ketones is 1. The van der Waals surface area contributed by atoms with Gasteiger partial charge in [0.2, 0.25) is 0 Å². The van der Waals surface area contributed by atoms with E-state index < -0.39 is 0 Å². The van der Waals surface area contributed by atoms with E-state index in [1.807, 2.05) is 24.3 Å². The van der Waals surface area contributed by atoms with E-state index in [4.69, 9.17) is 0 Å². The van der Waals surface area contributed by atoms with Crippen LogP contribution in [-0.2, 0) is 0 Å². The van der Waals surface area contributed by atoms with E-state index >= 15 is 0 Å². The van der Waals surface area contributed by atoms with E-state index in [0.29, 0.717) is 12.5 Å². The molecule has 0 N–H and O–H groups in total. The highest BCUT2D eigenvalue weighted by atomic mass is 79.9. The molecule has 98 valence electrons. The minimum Gasteiger partial charge on any atom is -0.300 e. The monoisotopic (exact) mass is 309 g/mol. The molecule has 1 aliphatic rings. The lowest BCUT2D eigenvalue weighted by molar-refractivity contribution is 0.0960. The molecule has 1 aromatic carbocycles. The second kappa shape index (κ2) is 6.48. The fourth-order valence-corrected chi connectivity index (χ4v) is 2.94. The van der Waals surface area contributed by atoms with Gasteiger partial charge in [-0.05, 0) is 37.9 Å². The molecular weight excluding hydrogens is 290 g/mol. The summed E-state index contributed by atoms with van der Waals surface area (Å²) in [6, 6.07) is 8.35. The second-order valence-electron chi connectivity index (χ2n) is 4.92. The molecular formula is C15H20BrNO. The van der Waals surface area contributed by atoms with Gasteiger partial charge in [-0.15, -0.1) is 0 Å². The van der Waals surface area contributed by atoms with Crippen molar-refractivity contribution >= 4 is 21.7 Å². The summed E-state index contributed by atoms with van der Waals surface area (Å²) in [6.07, 6.45) is 4.42. The number of carbonyl (C=O) groups is 1. The number of likely N-dealkylation sites (tertiary alicyclic amines) is 1. The first-order chi connectivity index (χ1) is 8.70. The lowest BCUT2D eigenvalue weighted by atomic mass is 10.1. The highest BCUT2D eigenvalue weighted by Crippen LogP contribution is 2.20. The number of Topliss-reactive ketones (excluding diaryl/α,β-unsaturated/α-hetero) is 1. The highest BCUT2D eigenvalue weighted by molar-refractivity contribution is 9.10. The predicted molar refractivity (Wildman–Crippen MR) is 78.0 cm³/mol. The largest absolute Gasteiger partial charge is 0.300 e. The molecule has 0 spiro atoms. The Morgan fingerprint density at radius 3 is 2.78 bits per heavy atom. The van der Waals surface area contributed by atoms with Gasteiger partial charge in [0.15, 0.2) is 5.78 Å². The van der Waals surface area contributed by atoms with Crippen LogP contribution >= 0.6 is 15.9 Å². The molecule has 3 heteroatoms. The number of halogens is 1. The lowest BCUT2D eigenvalue weighted by Crippen LogP contribution is -2.30. The van der Waals surface area contributed by atoms with Crippen LogP contribution in [0.4, 0.5) is 0 Å². The number of hydrogen-bond acceptors (Lipinski definition) is 2. The van der Waals surface area contributed by atoms with Crippen molar-refractivity contribution < 1.29 is 4.79 Å². The van der Waals surface area contributed by atoms with Crippen LogP contribution in [0.1, 0.15) is 43.0 Å². The molecule has 18 heavy (non-hydrogen) atoms. The molecule has 0 saturated carbocycles. The number of rotatable bonds is 5. The Hall–Kier alpha value is -0.670. The quantitative estimate of drug-likeness (QED) is 0.769. The average molecular weight is 310 g/mol. The topological polar surface area (TPSA) is 20.3 Å². The van der Waals surface area contributed by atoms with E-state index in [-0.39, 0.29) is 5.78 Å². The highest BCUT2D eigenvalue weighted by Gasteiger charge is 2.22. The zero-order chi connectivity index (χ0) is 13.0. The maximum atomic E-state index is 12.1. The zero-order valence-corrected chi connectivity index (χ0v) is 12.4. The van der Waals surface area contributed by atoms with Gasteiger partial charge in [-0.3, -0.25) is 9.69 Å². The summed E-state index contributed by atoms with van der Waals surface area (Å²) in [5.41, 5.74) is 0.824. The van der Waals surface area contributed by atoms with Gasteiger partial charge in [-0.1, -0.05) is 35.0 Å². The van der Waals surface area contributed by atoms with Gasteiger partial charge in [0.25, 0.3) is 0 Å². The summed E-state index contributed by atoms with van der Waals surface area (Å²) in [5.74, 6) is 0.254. The van der Waals surface area contributed by atoms with Crippen LogP contribution in [0, 0.1) is 0 Å². The van der Waals surface area contributed by atoms with Crippen molar-refractivity contribution in [3.63, 3.8) is 0 Å². The smallest absolute Gasteiger partial charge is 0.164 e. The Morgan fingerprint density at radius 1 is 1.39 bits per heavy atom. The maximum Gasteiger partial charge on any atom is 0.164 e. The first-order valence-electron chi connectivity index (χ1n) is 6.73. The van der Waals surface area contributed by atoms with Gasteiger partial charge in [0.05, 0.1) is 0 Å². The fraction of sp³-hybridized carbons (Fsp3) is 0.533. The second-order valence-corrected chi connectivity index (χ2v) is 5.84. The molecule has 0 amide bonds. The molecule has 2 rings (SSSR count). The predicted octanol–water partition coefficient (Wildman–Crippen LogP) is 3.90. The van der Waals surface area contributed by atoms with Crippen LogP contribution < -0.4 is 0 Å². The van der Waals surface area contributed by atoms with Crippen molar-refractivity contribution in [3.05, 3.63) is 34.3 Å². The molecule has 1 saturated heterocycles. The fourth-order valence-electron chi connectivity index (χ4n) is 2.68. The summed E-state index contributed by atoms with van der Waals surface area (Å²) >= 11 is 3.39. The van der Waals surface area contributed by atoms with Gasteiger partial charge in [0.1, 0.15) is 0 Å². The molecule has 1 fully saturated rings. The van der Waals surface area contributed by atoms with Crippen LogP contribution in [0.3, 0.4) is 0 Å². The first kappa shape index (κ1) is 13.8. The molecule has 0 bridgehead atoms. The molecule has 1 heterocycles. The Balaban J connectivity index is 1.86. The van der Waals surface area contributed by atoms with Crippen LogP contribution in [0.15, 0.2) is 28.7 Å². The van der Waals surface area contributed by atoms with Crippen LogP contribution in [0.2, 0.25) is 0 Å². The molecule has 0 aliphatic carbocycles. The summed E-state index contributed by atoms with van der Waals surface area (Å²) < 4.78 is 1.02. The Labute approximate surface area is 117 Å². The first-order valence-corrected chi connectivity index (χ1v) is 7.53. The summed E-state index contributed by atoms with van der Waals surface area (Å²) in [6.45, 7) is 4.30. The average Bonchev–Trinajstić information content (AvgIpc) is 2.84. The summed E-state index contributed by atoms with van der Waals surface area (Å²) in [7, 11) is 0. The SMILES string of the molecule is CCC1CCCN1CCC(=O)c1ccc(Br)cc1. The normalized spacial score (nSPS) is 20.2. The lowest BCUT2D eigenvalue weighted by Gasteiger charge is -2.22. The van der Waals surface area contributed by atoms with Crippen molar-refractivity contribution in [2.45, 2.75) is 38.6 Å². The molecule has 1 aliphatic heterocycles. The van der Waals surface area contributed by atoms with Crippen molar-refractivity contribution in [1.29, 1.82) is 0 Å². The minimum atomic E-state index is 0.254. The molecule has 0 radical (unpaired) electrons. The van der Waals surface area contributed by atoms with Crippen molar-refractivity contribution in [2.24, 2.45) is 0 Å². The molecule has 1 unspecified atom stereocenters. The third kappa shape index (κ3) is 3.42. The van der Waals surface area contributed by atoms with Gasteiger partial charge in [0, 0.05) is 29.0 Å². The third-order valence-corrected chi connectivity index (χ3v) is 4.29. The van der Waals surface area contributed by atoms with Crippen LogP contribution in [-0.4, -0.2) is 29.8 Å².